The van der Waals surface area contributed by atoms with Crippen molar-refractivity contribution >= 4 is 27.6 Å². The molecular weight excluding hydrogens is 390 g/mol. The number of aromatic nitrogens is 3. The van der Waals surface area contributed by atoms with E-state index >= 15 is 0 Å². The molecule has 1 saturated heterocycles. The fraction of sp³-hybridized carbons (Fsp3) is 0.333. The molecule has 6 rings (SSSR count). The molecule has 1 aliphatic carbocycles. The first-order chi connectivity index (χ1) is 15.2. The SMILES string of the molecule is COCCOc1ccc2c(c1)ncn2-c1ccc2cc(N3CC4C(N)C4C3)ccc2n1. The van der Waals surface area contributed by atoms with Gasteiger partial charge in [-0.25, -0.2) is 9.97 Å². The van der Waals surface area contributed by atoms with Crippen LogP contribution in [0.2, 0.25) is 0 Å². The van der Waals surface area contributed by atoms with Crippen molar-refractivity contribution in [1.29, 1.82) is 0 Å². The van der Waals surface area contributed by atoms with Crippen LogP contribution in [0.3, 0.4) is 0 Å². The fourth-order valence-electron chi connectivity index (χ4n) is 4.72. The zero-order valence-corrected chi connectivity index (χ0v) is 17.4. The highest BCUT2D eigenvalue weighted by atomic mass is 16.5. The van der Waals surface area contributed by atoms with Gasteiger partial charge in [0.05, 0.1) is 23.2 Å². The Morgan fingerprint density at radius 1 is 1.00 bits per heavy atom. The Morgan fingerprint density at radius 3 is 2.71 bits per heavy atom. The van der Waals surface area contributed by atoms with Crippen LogP contribution in [0, 0.1) is 11.8 Å². The quantitative estimate of drug-likeness (QED) is 0.488. The van der Waals surface area contributed by atoms with Crippen LogP contribution in [-0.2, 0) is 4.74 Å². The first-order valence-corrected chi connectivity index (χ1v) is 10.7. The molecule has 7 nitrogen and oxygen atoms in total. The summed E-state index contributed by atoms with van der Waals surface area (Å²) in [5.41, 5.74) is 10.2. The van der Waals surface area contributed by atoms with Gasteiger partial charge in [0.15, 0.2) is 0 Å². The standard InChI is InChI=1S/C24H25N5O2/c1-30-8-9-31-17-4-6-22-21(11-17)26-14-29(22)23-7-2-15-10-16(3-5-20(15)27-23)28-12-18-19(13-28)24(18)25/h2-7,10-11,14,18-19,24H,8-9,12-13,25H2,1H3. The van der Waals surface area contributed by atoms with E-state index < -0.39 is 0 Å². The minimum absolute atomic E-state index is 0.416. The third kappa shape index (κ3) is 3.21. The number of hydrogen-bond acceptors (Lipinski definition) is 6. The zero-order valence-electron chi connectivity index (χ0n) is 17.4. The van der Waals surface area contributed by atoms with E-state index in [1.807, 2.05) is 35.2 Å². The van der Waals surface area contributed by atoms with E-state index in [4.69, 9.17) is 20.2 Å². The van der Waals surface area contributed by atoms with E-state index in [0.717, 1.165) is 46.6 Å². The summed E-state index contributed by atoms with van der Waals surface area (Å²) in [6.45, 7) is 3.21. The van der Waals surface area contributed by atoms with E-state index in [0.29, 0.717) is 31.1 Å². The van der Waals surface area contributed by atoms with Crippen LogP contribution in [-0.4, -0.2) is 54.0 Å². The van der Waals surface area contributed by atoms with E-state index in [2.05, 4.69) is 34.1 Å². The molecule has 0 amide bonds. The molecule has 2 aromatic carbocycles. The van der Waals surface area contributed by atoms with Gasteiger partial charge in [0.25, 0.3) is 0 Å². The number of ether oxygens (including phenoxy) is 2. The zero-order chi connectivity index (χ0) is 20.9. The summed E-state index contributed by atoms with van der Waals surface area (Å²) in [6, 6.07) is 17.0. The molecule has 2 aromatic heterocycles. The number of hydrogen-bond donors (Lipinski definition) is 1. The number of benzene rings is 2. The van der Waals surface area contributed by atoms with Gasteiger partial charge in [0.1, 0.15) is 24.5 Å². The second-order valence-electron chi connectivity index (χ2n) is 8.46. The van der Waals surface area contributed by atoms with Gasteiger partial charge in [-0.3, -0.25) is 4.57 Å². The number of nitrogens with two attached hydrogens (primary N) is 1. The summed E-state index contributed by atoms with van der Waals surface area (Å²) in [5, 5.41) is 1.14. The maximum Gasteiger partial charge on any atom is 0.139 e. The molecule has 2 atom stereocenters. The summed E-state index contributed by atoms with van der Waals surface area (Å²) < 4.78 is 12.7. The molecule has 0 radical (unpaired) electrons. The first kappa shape index (κ1) is 18.6. The van der Waals surface area contributed by atoms with Crippen molar-refractivity contribution in [3.8, 4) is 11.6 Å². The number of imidazole rings is 1. The molecular formula is C24H25N5O2. The lowest BCUT2D eigenvalue weighted by Crippen LogP contribution is -2.27. The van der Waals surface area contributed by atoms with Gasteiger partial charge in [-0.15, -0.1) is 0 Å². The molecule has 1 saturated carbocycles. The third-order valence-electron chi connectivity index (χ3n) is 6.61. The van der Waals surface area contributed by atoms with Gasteiger partial charge in [0.2, 0.25) is 0 Å². The average molecular weight is 415 g/mol. The summed E-state index contributed by atoms with van der Waals surface area (Å²) in [6.07, 6.45) is 1.81. The van der Waals surface area contributed by atoms with Crippen molar-refractivity contribution in [2.24, 2.45) is 17.6 Å². The van der Waals surface area contributed by atoms with Crippen LogP contribution < -0.4 is 15.4 Å². The van der Waals surface area contributed by atoms with Gasteiger partial charge < -0.3 is 20.1 Å². The second-order valence-corrected chi connectivity index (χ2v) is 8.46. The molecule has 2 N–H and O–H groups in total. The molecule has 1 aliphatic heterocycles. The van der Waals surface area contributed by atoms with Crippen LogP contribution in [0.15, 0.2) is 54.9 Å². The molecule has 2 unspecified atom stereocenters. The normalized spacial score (nSPS) is 22.3. The Hall–Kier alpha value is -3.16. The molecule has 4 aromatic rings. The van der Waals surface area contributed by atoms with Crippen molar-refractivity contribution in [3.63, 3.8) is 0 Å². The summed E-state index contributed by atoms with van der Waals surface area (Å²) in [7, 11) is 1.66. The van der Waals surface area contributed by atoms with Gasteiger partial charge in [-0.05, 0) is 54.3 Å². The Balaban J connectivity index is 1.27. The molecule has 7 heteroatoms. The van der Waals surface area contributed by atoms with Crippen LogP contribution >= 0.6 is 0 Å². The lowest BCUT2D eigenvalue weighted by Gasteiger charge is -2.21. The lowest BCUT2D eigenvalue weighted by atomic mass is 10.1. The molecule has 2 fully saturated rings. The van der Waals surface area contributed by atoms with Gasteiger partial charge >= 0.3 is 0 Å². The molecule has 0 spiro atoms. The monoisotopic (exact) mass is 415 g/mol. The van der Waals surface area contributed by atoms with Crippen LogP contribution in [0.1, 0.15) is 0 Å². The van der Waals surface area contributed by atoms with Crippen molar-refractivity contribution in [2.75, 3.05) is 38.3 Å². The minimum Gasteiger partial charge on any atom is -0.491 e. The molecule has 31 heavy (non-hydrogen) atoms. The number of anilines is 1. The maximum absolute atomic E-state index is 6.08. The lowest BCUT2D eigenvalue weighted by molar-refractivity contribution is 0.146. The predicted molar refractivity (Wildman–Crippen MR) is 121 cm³/mol. The number of methoxy groups -OCH3 is 1. The van der Waals surface area contributed by atoms with Crippen molar-refractivity contribution in [3.05, 3.63) is 54.9 Å². The Bertz CT molecular complexity index is 1260. The third-order valence-corrected chi connectivity index (χ3v) is 6.61. The Labute approximate surface area is 180 Å². The largest absolute Gasteiger partial charge is 0.491 e. The fourth-order valence-corrected chi connectivity index (χ4v) is 4.72. The summed E-state index contributed by atoms with van der Waals surface area (Å²) >= 11 is 0. The highest BCUT2D eigenvalue weighted by molar-refractivity contribution is 5.84. The van der Waals surface area contributed by atoms with Crippen molar-refractivity contribution in [2.45, 2.75) is 6.04 Å². The second kappa shape index (κ2) is 7.21. The number of pyridine rings is 1. The maximum atomic E-state index is 6.08. The number of fused-ring (bicyclic) bond motifs is 3. The van der Waals surface area contributed by atoms with Gasteiger partial charge in [-0.2, -0.15) is 0 Å². The van der Waals surface area contributed by atoms with Gasteiger partial charge in [-0.1, -0.05) is 0 Å². The number of nitrogens with zero attached hydrogens (tertiary/aromatic N) is 4. The summed E-state index contributed by atoms with van der Waals surface area (Å²) in [5.74, 6) is 2.99. The molecule has 2 aliphatic rings. The van der Waals surface area contributed by atoms with E-state index in [1.54, 1.807) is 7.11 Å². The van der Waals surface area contributed by atoms with Crippen LogP contribution in [0.4, 0.5) is 5.69 Å². The van der Waals surface area contributed by atoms with Crippen molar-refractivity contribution in [1.82, 2.24) is 14.5 Å². The van der Waals surface area contributed by atoms with E-state index in [-0.39, 0.29) is 0 Å². The highest BCUT2D eigenvalue weighted by Crippen LogP contribution is 2.45. The molecule has 0 bridgehead atoms. The highest BCUT2D eigenvalue weighted by Gasteiger charge is 2.53. The molecule has 3 heterocycles. The van der Waals surface area contributed by atoms with E-state index in [9.17, 15) is 0 Å². The average Bonchev–Trinajstić information content (AvgIpc) is 3.18. The molecule has 158 valence electrons. The minimum atomic E-state index is 0.416. The Morgan fingerprint density at radius 2 is 1.87 bits per heavy atom. The van der Waals surface area contributed by atoms with Gasteiger partial charge in [0, 0.05) is 43.4 Å². The van der Waals surface area contributed by atoms with Crippen LogP contribution in [0.25, 0.3) is 27.8 Å². The smallest absolute Gasteiger partial charge is 0.139 e. The van der Waals surface area contributed by atoms with Crippen molar-refractivity contribution < 1.29 is 9.47 Å². The Kier molecular flexibility index (Phi) is 4.33. The number of piperidine rings is 1. The predicted octanol–water partition coefficient (Wildman–Crippen LogP) is 2.99. The first-order valence-electron chi connectivity index (χ1n) is 10.7. The number of rotatable bonds is 6. The van der Waals surface area contributed by atoms with Crippen LogP contribution in [0.5, 0.6) is 5.75 Å². The summed E-state index contributed by atoms with van der Waals surface area (Å²) in [4.78, 5) is 11.9. The van der Waals surface area contributed by atoms with E-state index in [1.165, 1.54) is 5.69 Å². The topological polar surface area (TPSA) is 78.4 Å².